The minimum Gasteiger partial charge on any atom is -0.495 e. The number of benzene rings is 4. The molecule has 8 rings (SSSR count). The molecule has 4 aromatic carbocycles. The van der Waals surface area contributed by atoms with Crippen molar-refractivity contribution in [3.63, 3.8) is 0 Å². The third-order valence-corrected chi connectivity index (χ3v) is 19.2. The number of carboxylic acid groups (broad SMARTS) is 2. The molecule has 24 heteroatoms. The topological polar surface area (TPSA) is 220 Å². The zero-order valence-corrected chi connectivity index (χ0v) is 48.1. The number of rotatable bonds is 19. The molecule has 0 saturated heterocycles. The van der Waals surface area contributed by atoms with Crippen molar-refractivity contribution in [3.8, 4) is 38.4 Å². The highest BCUT2D eigenvalue weighted by atomic mass is 32.2. The van der Waals surface area contributed by atoms with E-state index in [1.165, 1.54) is 12.1 Å². The van der Waals surface area contributed by atoms with Crippen LogP contribution in [0.1, 0.15) is 142 Å². The van der Waals surface area contributed by atoms with Gasteiger partial charge in [-0.05, 0) is 116 Å². The van der Waals surface area contributed by atoms with Crippen molar-refractivity contribution in [2.24, 2.45) is 16.7 Å². The zero-order chi connectivity index (χ0) is 58.4. The molecule has 15 nitrogen and oxygen atoms in total. The van der Waals surface area contributed by atoms with Gasteiger partial charge in [-0.15, -0.1) is 22.7 Å². The van der Waals surface area contributed by atoms with Crippen LogP contribution in [0.25, 0.3) is 26.7 Å². The third kappa shape index (κ3) is 12.8. The second-order valence-corrected chi connectivity index (χ2v) is 26.7. The Bertz CT molecular complexity index is 3640. The predicted molar refractivity (Wildman–Crippen MR) is 295 cm³/mol. The van der Waals surface area contributed by atoms with Crippen LogP contribution >= 0.6 is 22.7 Å². The van der Waals surface area contributed by atoms with Crippen molar-refractivity contribution >= 4 is 71.6 Å². The molecule has 80 heavy (non-hydrogen) atoms. The summed E-state index contributed by atoms with van der Waals surface area (Å²) < 4.78 is 155. The van der Waals surface area contributed by atoms with E-state index < -0.39 is 100 Å². The minimum atomic E-state index is -4.70. The Balaban J connectivity index is 1.19. The van der Waals surface area contributed by atoms with Gasteiger partial charge in [0.05, 0.1) is 42.3 Å². The molecule has 2 atom stereocenters. The fourth-order valence-electron chi connectivity index (χ4n) is 10.2. The van der Waals surface area contributed by atoms with Gasteiger partial charge < -0.3 is 24.4 Å². The molecule has 2 aromatic heterocycles. The number of aromatic carboxylic acids is 2. The smallest absolute Gasteiger partial charge is 0.338 e. The van der Waals surface area contributed by atoms with Crippen molar-refractivity contribution in [3.05, 3.63) is 116 Å². The van der Waals surface area contributed by atoms with Crippen LogP contribution in [0, 0.1) is 34.2 Å². The second kappa shape index (κ2) is 23.1. The number of ether oxygens (including phenoxy) is 3. The number of hydrogen-bond acceptors (Lipinski definition) is 13. The largest absolute Gasteiger partial charge is 0.495 e. The van der Waals surface area contributed by atoms with Gasteiger partial charge in [-0.3, -0.25) is 9.44 Å². The normalized spacial score (nSPS) is 16.5. The summed E-state index contributed by atoms with van der Waals surface area (Å²) in [5, 5.41) is 19.7. The highest BCUT2D eigenvalue weighted by molar-refractivity contribution is 7.93. The van der Waals surface area contributed by atoms with Crippen LogP contribution in [0.5, 0.6) is 17.2 Å². The number of halogens is 5. The zero-order valence-electron chi connectivity index (χ0n) is 44.8. The highest BCUT2D eigenvalue weighted by Crippen LogP contribution is 2.48. The molecule has 0 bridgehead atoms. The van der Waals surface area contributed by atoms with Gasteiger partial charge in [0.25, 0.3) is 26.5 Å². The standard InChI is InChI=1S/C56H59F5N4O11S4/c1-28(19-32-20-31(29-15-17-56(5,6)18-16-29)21-38(50(60)61)47(32)52-63-46(27-78-52)80(72,73)65-42-25-40(58)37(54(68)69)23-44(42)75-8)76-49-34(30-9-11-33(12-10-30)55(2,3)4)13-14-35(48(49)59)51-62-45(26-77-51)79(70,71)64-41-24-39(57)36(53(66)67)22-43(41)74-7/h9,13-14,20-29,33,50,64-65H,10-12,15-19H2,1-8H3,(H,66,67)(H,68,69). The molecule has 0 amide bonds. The Morgan fingerprint density at radius 3 is 1.80 bits per heavy atom. The van der Waals surface area contributed by atoms with Crippen LogP contribution in [0.2, 0.25) is 0 Å². The predicted octanol–water partition coefficient (Wildman–Crippen LogP) is 14.2. The number of anilines is 2. The Labute approximate surface area is 468 Å². The molecular formula is C56H59F5N4O11S4. The quantitative estimate of drug-likeness (QED) is 0.0555. The summed E-state index contributed by atoms with van der Waals surface area (Å²) in [5.74, 6) is -7.27. The maximum absolute atomic E-state index is 17.6. The van der Waals surface area contributed by atoms with Crippen molar-refractivity contribution < 1.29 is 72.8 Å². The Morgan fingerprint density at radius 2 is 1.31 bits per heavy atom. The van der Waals surface area contributed by atoms with E-state index in [-0.39, 0.29) is 61.6 Å². The van der Waals surface area contributed by atoms with Gasteiger partial charge >= 0.3 is 11.9 Å². The number of methoxy groups -OCH3 is 2. The first kappa shape index (κ1) is 59.5. The molecule has 6 aromatic rings. The van der Waals surface area contributed by atoms with E-state index in [9.17, 15) is 45.4 Å². The molecule has 1 fully saturated rings. The summed E-state index contributed by atoms with van der Waals surface area (Å²) in [7, 11) is -7.07. The third-order valence-electron chi connectivity index (χ3n) is 14.7. The van der Waals surface area contributed by atoms with Crippen LogP contribution in [0.4, 0.5) is 33.3 Å². The molecule has 2 aliphatic carbocycles. The number of aromatic nitrogens is 2. The molecule has 0 radical (unpaired) electrons. The van der Waals surface area contributed by atoms with Crippen LogP contribution in [-0.2, 0) is 26.5 Å². The van der Waals surface area contributed by atoms with Gasteiger partial charge in [0.1, 0.15) is 39.3 Å². The number of carbonyl (C=O) groups is 2. The summed E-state index contributed by atoms with van der Waals surface area (Å²) in [5.41, 5.74) is -0.921. The van der Waals surface area contributed by atoms with E-state index in [4.69, 9.17) is 14.2 Å². The lowest BCUT2D eigenvalue weighted by molar-refractivity contribution is 0.0680. The molecule has 2 heterocycles. The monoisotopic (exact) mass is 1190 g/mol. The molecule has 0 aliphatic heterocycles. The fourth-order valence-corrected chi connectivity index (χ4v) is 14.6. The lowest BCUT2D eigenvalue weighted by atomic mass is 9.71. The average molecular weight is 1190 g/mol. The maximum atomic E-state index is 17.6. The second-order valence-electron chi connectivity index (χ2n) is 21.8. The summed E-state index contributed by atoms with van der Waals surface area (Å²) in [6.07, 6.45) is 2.91. The first-order valence-corrected chi connectivity index (χ1v) is 30.1. The lowest BCUT2D eigenvalue weighted by Crippen LogP contribution is -2.22. The van der Waals surface area contributed by atoms with E-state index in [1.807, 2.05) is 6.08 Å². The van der Waals surface area contributed by atoms with E-state index in [0.717, 1.165) is 84.6 Å². The van der Waals surface area contributed by atoms with E-state index in [2.05, 4.69) is 54.0 Å². The average Bonchev–Trinajstić information content (AvgIpc) is 4.10. The number of carboxylic acids is 2. The van der Waals surface area contributed by atoms with E-state index in [1.54, 1.807) is 19.1 Å². The molecule has 0 spiro atoms. The number of sulfonamides is 2. The fraction of sp³-hybridized carbons (Fsp3) is 0.393. The lowest BCUT2D eigenvalue weighted by Gasteiger charge is -2.35. The molecular weight excluding hydrogens is 1130 g/mol. The van der Waals surface area contributed by atoms with Gasteiger partial charge in [0.15, 0.2) is 21.6 Å². The Hall–Kier alpha value is -6.63. The molecule has 2 aliphatic rings. The van der Waals surface area contributed by atoms with Crippen LogP contribution in [0.3, 0.4) is 0 Å². The van der Waals surface area contributed by atoms with Crippen molar-refractivity contribution in [2.45, 2.75) is 121 Å². The van der Waals surface area contributed by atoms with E-state index in [0.29, 0.717) is 60.4 Å². The summed E-state index contributed by atoms with van der Waals surface area (Å²) >= 11 is 1.54. The molecule has 4 N–H and O–H groups in total. The first-order chi connectivity index (χ1) is 37.5. The van der Waals surface area contributed by atoms with Gasteiger partial charge in [0, 0.05) is 46.0 Å². The van der Waals surface area contributed by atoms with Crippen LogP contribution in [-0.4, -0.2) is 69.3 Å². The minimum absolute atomic E-state index is 0.0251. The van der Waals surface area contributed by atoms with Crippen LogP contribution in [0.15, 0.2) is 75.4 Å². The van der Waals surface area contributed by atoms with Gasteiger partial charge in [-0.2, -0.15) is 16.8 Å². The number of hydrogen-bond donors (Lipinski definition) is 4. The van der Waals surface area contributed by atoms with Crippen molar-refractivity contribution in [1.82, 2.24) is 9.97 Å². The summed E-state index contributed by atoms with van der Waals surface area (Å²) in [6.45, 7) is 12.4. The molecule has 428 valence electrons. The number of nitrogens with one attached hydrogen (secondary N) is 2. The van der Waals surface area contributed by atoms with Crippen molar-refractivity contribution in [2.75, 3.05) is 23.7 Å². The molecule has 2 unspecified atom stereocenters. The number of thiazole rings is 2. The highest BCUT2D eigenvalue weighted by Gasteiger charge is 2.34. The summed E-state index contributed by atoms with van der Waals surface area (Å²) in [4.78, 5) is 31.7. The Kier molecular flexibility index (Phi) is 17.2. The van der Waals surface area contributed by atoms with Crippen molar-refractivity contribution in [1.29, 1.82) is 0 Å². The number of nitrogens with zero attached hydrogens (tertiary/aromatic N) is 2. The number of allylic oxidation sites excluding steroid dienone is 2. The SMILES string of the molecule is COc1cc(C(=O)O)c(F)cc1NS(=O)(=O)c1csc(-c2ccc(C3=CCC(C(C)(C)C)CC3)c(OC(C)Cc3cc(C4CCC(C)(C)CC4)cc(C(F)F)c3-c3nc(S(=O)(=O)Nc4cc(F)c(C(=O)O)cc4OC)cs3)c2F)n1. The van der Waals surface area contributed by atoms with Gasteiger partial charge in [-0.25, -0.2) is 41.5 Å². The van der Waals surface area contributed by atoms with E-state index >= 15 is 13.2 Å². The molecule has 1 saturated carbocycles. The maximum Gasteiger partial charge on any atom is 0.338 e. The summed E-state index contributed by atoms with van der Waals surface area (Å²) in [6, 6.07) is 9.22. The Morgan fingerprint density at radius 1 is 0.787 bits per heavy atom. The first-order valence-electron chi connectivity index (χ1n) is 25.3. The number of alkyl halides is 2. The van der Waals surface area contributed by atoms with Crippen LogP contribution < -0.4 is 23.7 Å². The van der Waals surface area contributed by atoms with Gasteiger partial charge in [0.2, 0.25) is 0 Å². The van der Waals surface area contributed by atoms with Gasteiger partial charge in [-0.1, -0.05) is 52.8 Å².